The van der Waals surface area contributed by atoms with E-state index in [1.54, 1.807) is 0 Å². The molecule has 17 heavy (non-hydrogen) atoms. The number of hydrogen-bond donors (Lipinski definition) is 1. The SMILES string of the molecule is CN1CCNC2CCC[C@H]2[C@@H]1c1ccccn1. The molecule has 1 saturated carbocycles. The highest BCUT2D eigenvalue weighted by atomic mass is 15.2. The van der Waals surface area contributed by atoms with Gasteiger partial charge in [0.15, 0.2) is 0 Å². The van der Waals surface area contributed by atoms with E-state index in [0.29, 0.717) is 12.1 Å². The van der Waals surface area contributed by atoms with Crippen LogP contribution in [0.25, 0.3) is 0 Å². The van der Waals surface area contributed by atoms with E-state index in [0.717, 1.165) is 19.0 Å². The van der Waals surface area contributed by atoms with Crippen molar-refractivity contribution in [3.8, 4) is 0 Å². The molecule has 1 N–H and O–H groups in total. The number of nitrogens with zero attached hydrogens (tertiary/aromatic N) is 2. The number of rotatable bonds is 1. The highest BCUT2D eigenvalue weighted by Crippen LogP contribution is 2.39. The van der Waals surface area contributed by atoms with Crippen molar-refractivity contribution in [3.63, 3.8) is 0 Å². The van der Waals surface area contributed by atoms with Crippen LogP contribution in [-0.4, -0.2) is 36.1 Å². The van der Waals surface area contributed by atoms with Gasteiger partial charge in [-0.1, -0.05) is 12.5 Å². The molecule has 3 heteroatoms. The third-order valence-electron chi connectivity index (χ3n) is 4.31. The summed E-state index contributed by atoms with van der Waals surface area (Å²) in [5.74, 6) is 0.734. The molecule has 3 nitrogen and oxygen atoms in total. The van der Waals surface area contributed by atoms with Gasteiger partial charge in [0, 0.05) is 25.3 Å². The fraction of sp³-hybridized carbons (Fsp3) is 0.643. The monoisotopic (exact) mass is 231 g/mol. The van der Waals surface area contributed by atoms with Crippen molar-refractivity contribution in [2.45, 2.75) is 31.3 Å². The Morgan fingerprint density at radius 2 is 2.29 bits per heavy atom. The van der Waals surface area contributed by atoms with Crippen LogP contribution in [-0.2, 0) is 0 Å². The van der Waals surface area contributed by atoms with Gasteiger partial charge in [-0.25, -0.2) is 0 Å². The Morgan fingerprint density at radius 1 is 1.35 bits per heavy atom. The molecule has 3 rings (SSSR count). The lowest BCUT2D eigenvalue weighted by atomic mass is 9.91. The van der Waals surface area contributed by atoms with Crippen LogP contribution >= 0.6 is 0 Å². The van der Waals surface area contributed by atoms with Crippen molar-refractivity contribution in [1.29, 1.82) is 0 Å². The van der Waals surface area contributed by atoms with Crippen LogP contribution < -0.4 is 5.32 Å². The quantitative estimate of drug-likeness (QED) is 0.799. The van der Waals surface area contributed by atoms with E-state index < -0.39 is 0 Å². The minimum Gasteiger partial charge on any atom is -0.312 e. The number of pyridine rings is 1. The van der Waals surface area contributed by atoms with Crippen LogP contribution in [0.4, 0.5) is 0 Å². The summed E-state index contributed by atoms with van der Waals surface area (Å²) in [4.78, 5) is 7.06. The van der Waals surface area contributed by atoms with Crippen molar-refractivity contribution in [2.24, 2.45) is 5.92 Å². The summed E-state index contributed by atoms with van der Waals surface area (Å²) in [5, 5.41) is 3.70. The van der Waals surface area contributed by atoms with Crippen molar-refractivity contribution in [3.05, 3.63) is 30.1 Å². The smallest absolute Gasteiger partial charge is 0.0578 e. The second kappa shape index (κ2) is 4.75. The fourth-order valence-electron chi connectivity index (χ4n) is 3.51. The van der Waals surface area contributed by atoms with Gasteiger partial charge in [0.2, 0.25) is 0 Å². The Balaban J connectivity index is 1.93. The Kier molecular flexibility index (Phi) is 3.12. The van der Waals surface area contributed by atoms with Crippen molar-refractivity contribution >= 4 is 0 Å². The number of aromatic nitrogens is 1. The van der Waals surface area contributed by atoms with E-state index in [-0.39, 0.29) is 0 Å². The van der Waals surface area contributed by atoms with Gasteiger partial charge in [-0.05, 0) is 37.9 Å². The van der Waals surface area contributed by atoms with Crippen molar-refractivity contribution in [2.75, 3.05) is 20.1 Å². The zero-order valence-electron chi connectivity index (χ0n) is 10.5. The van der Waals surface area contributed by atoms with E-state index in [2.05, 4.69) is 34.4 Å². The van der Waals surface area contributed by atoms with Crippen LogP contribution in [0.1, 0.15) is 31.0 Å². The molecule has 92 valence electrons. The summed E-state index contributed by atoms with van der Waals surface area (Å²) < 4.78 is 0. The third kappa shape index (κ3) is 2.09. The molecule has 0 bridgehead atoms. The van der Waals surface area contributed by atoms with E-state index in [1.165, 1.54) is 25.0 Å². The van der Waals surface area contributed by atoms with Gasteiger partial charge in [0.25, 0.3) is 0 Å². The normalized spacial score (nSPS) is 34.3. The van der Waals surface area contributed by atoms with E-state index in [1.807, 2.05) is 12.3 Å². The summed E-state index contributed by atoms with van der Waals surface area (Å²) in [5.41, 5.74) is 1.25. The maximum absolute atomic E-state index is 4.59. The molecular formula is C14H21N3. The second-order valence-electron chi connectivity index (χ2n) is 5.34. The number of likely N-dealkylation sites (N-methyl/N-ethyl adjacent to an activating group) is 1. The van der Waals surface area contributed by atoms with Gasteiger partial charge >= 0.3 is 0 Å². The predicted molar refractivity (Wildman–Crippen MR) is 68.7 cm³/mol. The summed E-state index contributed by atoms with van der Waals surface area (Å²) in [6.07, 6.45) is 5.95. The Bertz CT molecular complexity index is 365. The van der Waals surface area contributed by atoms with Crippen LogP contribution in [0, 0.1) is 5.92 Å². The minimum absolute atomic E-state index is 0.499. The maximum atomic E-state index is 4.59. The fourth-order valence-corrected chi connectivity index (χ4v) is 3.51. The van der Waals surface area contributed by atoms with Gasteiger partial charge < -0.3 is 5.32 Å². The summed E-state index contributed by atoms with van der Waals surface area (Å²) >= 11 is 0. The topological polar surface area (TPSA) is 28.2 Å². The van der Waals surface area contributed by atoms with E-state index in [9.17, 15) is 0 Å². The largest absolute Gasteiger partial charge is 0.312 e. The van der Waals surface area contributed by atoms with E-state index in [4.69, 9.17) is 0 Å². The predicted octanol–water partition coefficient (Wildman–Crippen LogP) is 1.83. The third-order valence-corrected chi connectivity index (χ3v) is 4.31. The molecule has 0 spiro atoms. The molecule has 1 aliphatic carbocycles. The Hall–Kier alpha value is -0.930. The molecule has 0 aromatic carbocycles. The van der Waals surface area contributed by atoms with Crippen LogP contribution in [0.2, 0.25) is 0 Å². The van der Waals surface area contributed by atoms with Gasteiger partial charge in [-0.3, -0.25) is 9.88 Å². The summed E-state index contributed by atoms with van der Waals surface area (Å²) in [7, 11) is 2.24. The molecule has 2 fully saturated rings. The first-order valence-corrected chi connectivity index (χ1v) is 6.71. The summed E-state index contributed by atoms with van der Waals surface area (Å²) in [6.45, 7) is 2.23. The van der Waals surface area contributed by atoms with Gasteiger partial charge in [0.05, 0.1) is 11.7 Å². The Labute approximate surface area is 103 Å². The van der Waals surface area contributed by atoms with Crippen LogP contribution in [0.15, 0.2) is 24.4 Å². The molecular weight excluding hydrogens is 210 g/mol. The minimum atomic E-state index is 0.499. The standard InChI is InChI=1S/C14H21N3/c1-17-10-9-16-12-7-4-5-11(12)14(17)13-6-2-3-8-15-13/h2-3,6,8,11-12,14,16H,4-5,7,9-10H2,1H3/t11-,12?,14-/m1/s1. The zero-order valence-corrected chi connectivity index (χ0v) is 10.5. The molecule has 1 aromatic rings. The number of fused-ring (bicyclic) bond motifs is 1. The highest BCUT2D eigenvalue weighted by molar-refractivity contribution is 5.13. The second-order valence-corrected chi connectivity index (χ2v) is 5.34. The molecule has 1 unspecified atom stereocenters. The average Bonchev–Trinajstić information content (AvgIpc) is 2.74. The molecule has 1 aliphatic heterocycles. The highest BCUT2D eigenvalue weighted by Gasteiger charge is 2.38. The number of nitrogens with one attached hydrogen (secondary N) is 1. The molecule has 3 atom stereocenters. The van der Waals surface area contributed by atoms with Gasteiger partial charge in [-0.2, -0.15) is 0 Å². The van der Waals surface area contributed by atoms with Crippen molar-refractivity contribution < 1.29 is 0 Å². The zero-order chi connectivity index (χ0) is 11.7. The van der Waals surface area contributed by atoms with Gasteiger partial charge in [0.1, 0.15) is 0 Å². The molecule has 2 heterocycles. The van der Waals surface area contributed by atoms with Crippen LogP contribution in [0.5, 0.6) is 0 Å². The summed E-state index contributed by atoms with van der Waals surface area (Å²) in [6, 6.07) is 7.50. The molecule has 0 radical (unpaired) electrons. The molecule has 0 amide bonds. The lowest BCUT2D eigenvalue weighted by molar-refractivity contribution is 0.188. The first-order valence-electron chi connectivity index (χ1n) is 6.71. The van der Waals surface area contributed by atoms with E-state index >= 15 is 0 Å². The maximum Gasteiger partial charge on any atom is 0.0578 e. The first-order chi connectivity index (χ1) is 8.36. The number of hydrogen-bond acceptors (Lipinski definition) is 3. The lowest BCUT2D eigenvalue weighted by Crippen LogP contribution is -2.34. The van der Waals surface area contributed by atoms with Gasteiger partial charge in [-0.15, -0.1) is 0 Å². The van der Waals surface area contributed by atoms with Crippen molar-refractivity contribution in [1.82, 2.24) is 15.2 Å². The molecule has 1 saturated heterocycles. The average molecular weight is 231 g/mol. The Morgan fingerprint density at radius 3 is 3.12 bits per heavy atom. The lowest BCUT2D eigenvalue weighted by Gasteiger charge is -2.31. The molecule has 2 aliphatic rings. The van der Waals surface area contributed by atoms with Crippen LogP contribution in [0.3, 0.4) is 0 Å². The first kappa shape index (κ1) is 11.2. The molecule has 1 aromatic heterocycles.